The zero-order valence-corrected chi connectivity index (χ0v) is 12.1. The molecule has 0 N–H and O–H groups in total. The molecule has 16 heavy (non-hydrogen) atoms. The van der Waals surface area contributed by atoms with Crippen molar-refractivity contribution in [2.75, 3.05) is 13.2 Å². The van der Waals surface area contributed by atoms with Crippen LogP contribution in [-0.4, -0.2) is 33.2 Å². The van der Waals surface area contributed by atoms with Crippen LogP contribution in [0.4, 0.5) is 0 Å². The first kappa shape index (κ1) is 15.4. The molecule has 0 aromatic carbocycles. The summed E-state index contributed by atoms with van der Waals surface area (Å²) in [5.41, 5.74) is 8.23. The van der Waals surface area contributed by atoms with Gasteiger partial charge in [0.1, 0.15) is 0 Å². The van der Waals surface area contributed by atoms with Crippen molar-refractivity contribution in [3.63, 3.8) is 0 Å². The van der Waals surface area contributed by atoms with E-state index in [1.54, 1.807) is 0 Å². The quantitative estimate of drug-likeness (QED) is 0.312. The predicted molar refractivity (Wildman–Crippen MR) is 67.9 cm³/mol. The van der Waals surface area contributed by atoms with E-state index in [0.717, 1.165) is 0 Å². The molecule has 0 aliphatic carbocycles. The Balaban J connectivity index is 4.14. The molecule has 0 heterocycles. The normalized spacial score (nSPS) is 14.4. The van der Waals surface area contributed by atoms with E-state index in [9.17, 15) is 0 Å². The number of azide groups is 1. The molecule has 5 nitrogen and oxygen atoms in total. The summed E-state index contributed by atoms with van der Waals surface area (Å²) in [5, 5.41) is 3.68. The van der Waals surface area contributed by atoms with E-state index in [-0.39, 0.29) is 11.6 Å². The second kappa shape index (κ2) is 6.25. The molecule has 0 saturated carbocycles. The van der Waals surface area contributed by atoms with E-state index >= 15 is 0 Å². The Kier molecular flexibility index (Phi) is 6.03. The van der Waals surface area contributed by atoms with Crippen molar-refractivity contribution >= 4 is 8.32 Å². The highest BCUT2D eigenvalue weighted by Crippen LogP contribution is 2.10. The lowest BCUT2D eigenvalue weighted by atomic mass is 10.2. The van der Waals surface area contributed by atoms with Crippen LogP contribution in [-0.2, 0) is 9.16 Å². The summed E-state index contributed by atoms with van der Waals surface area (Å²) in [4.78, 5) is 2.82. The second-order valence-electron chi connectivity index (χ2n) is 5.71. The van der Waals surface area contributed by atoms with Crippen LogP contribution in [0.3, 0.4) is 0 Å². The van der Waals surface area contributed by atoms with E-state index in [0.29, 0.717) is 13.2 Å². The number of rotatable bonds is 6. The third-order valence-electron chi connectivity index (χ3n) is 1.63. The standard InChI is InChI=1S/C10H23N3O2Si/c1-10(2,3)14-7-9(12-13-11)8-15-16(4,5)6/h9H,7-8H2,1-6H3. The lowest BCUT2D eigenvalue weighted by Gasteiger charge is -2.24. The van der Waals surface area contributed by atoms with Gasteiger partial charge in [-0.15, -0.1) is 0 Å². The van der Waals surface area contributed by atoms with Crippen LogP contribution in [0.25, 0.3) is 10.4 Å². The Morgan fingerprint density at radius 1 is 1.25 bits per heavy atom. The molecule has 1 atom stereocenters. The number of hydrogen-bond donors (Lipinski definition) is 0. The monoisotopic (exact) mass is 245 g/mol. The van der Waals surface area contributed by atoms with E-state index < -0.39 is 8.32 Å². The molecule has 0 radical (unpaired) electrons. The Labute approximate surface area is 98.9 Å². The van der Waals surface area contributed by atoms with Crippen molar-refractivity contribution in [3.8, 4) is 0 Å². The predicted octanol–water partition coefficient (Wildman–Crippen LogP) is 3.33. The van der Waals surface area contributed by atoms with Crippen molar-refractivity contribution in [2.24, 2.45) is 5.11 Å². The Morgan fingerprint density at radius 3 is 2.19 bits per heavy atom. The van der Waals surface area contributed by atoms with E-state index in [1.165, 1.54) is 0 Å². The van der Waals surface area contributed by atoms with Crippen molar-refractivity contribution in [2.45, 2.75) is 52.1 Å². The van der Waals surface area contributed by atoms with Gasteiger partial charge in [0.2, 0.25) is 0 Å². The van der Waals surface area contributed by atoms with Gasteiger partial charge in [0.15, 0.2) is 8.32 Å². The molecule has 6 heteroatoms. The fourth-order valence-electron chi connectivity index (χ4n) is 0.880. The van der Waals surface area contributed by atoms with Crippen LogP contribution in [0.5, 0.6) is 0 Å². The minimum Gasteiger partial charge on any atom is -0.417 e. The topological polar surface area (TPSA) is 67.2 Å². The molecule has 0 amide bonds. The van der Waals surface area contributed by atoms with Crippen molar-refractivity contribution < 1.29 is 9.16 Å². The average Bonchev–Trinajstić information content (AvgIpc) is 2.07. The first-order valence-electron chi connectivity index (χ1n) is 5.46. The largest absolute Gasteiger partial charge is 0.417 e. The molecule has 0 saturated heterocycles. The summed E-state index contributed by atoms with van der Waals surface area (Å²) in [5.74, 6) is 0. The zero-order chi connectivity index (χ0) is 12.8. The summed E-state index contributed by atoms with van der Waals surface area (Å²) < 4.78 is 11.3. The molecule has 0 aliphatic heterocycles. The highest BCUT2D eigenvalue weighted by molar-refractivity contribution is 6.69. The van der Waals surface area contributed by atoms with Gasteiger partial charge in [-0.3, -0.25) is 0 Å². The molecule has 0 aromatic heterocycles. The second-order valence-corrected chi connectivity index (χ2v) is 10.2. The van der Waals surface area contributed by atoms with Crippen LogP contribution >= 0.6 is 0 Å². The van der Waals surface area contributed by atoms with Crippen molar-refractivity contribution in [1.82, 2.24) is 0 Å². The van der Waals surface area contributed by atoms with E-state index in [1.807, 2.05) is 20.8 Å². The lowest BCUT2D eigenvalue weighted by Crippen LogP contribution is -2.33. The summed E-state index contributed by atoms with van der Waals surface area (Å²) >= 11 is 0. The van der Waals surface area contributed by atoms with Crippen LogP contribution in [0, 0.1) is 0 Å². The fourth-order valence-corrected chi connectivity index (χ4v) is 1.57. The van der Waals surface area contributed by atoms with E-state index in [4.69, 9.17) is 14.7 Å². The minimum absolute atomic E-state index is 0.220. The highest BCUT2D eigenvalue weighted by atomic mass is 28.4. The fraction of sp³-hybridized carbons (Fsp3) is 1.00. The Morgan fingerprint density at radius 2 is 1.81 bits per heavy atom. The molecule has 0 fully saturated rings. The van der Waals surface area contributed by atoms with Crippen LogP contribution < -0.4 is 0 Å². The minimum atomic E-state index is -1.56. The molecule has 0 spiro atoms. The molecule has 1 unspecified atom stereocenters. The molecule has 0 bridgehead atoms. The van der Waals surface area contributed by atoms with Crippen LogP contribution in [0.2, 0.25) is 19.6 Å². The van der Waals surface area contributed by atoms with E-state index in [2.05, 4.69) is 29.7 Å². The number of nitrogens with zero attached hydrogens (tertiary/aromatic N) is 3. The Hall–Kier alpha value is -0.553. The molecule has 0 rings (SSSR count). The summed E-state index contributed by atoms with van der Waals surface area (Å²) in [6, 6.07) is -0.240. The van der Waals surface area contributed by atoms with Gasteiger partial charge >= 0.3 is 0 Å². The van der Waals surface area contributed by atoms with Gasteiger partial charge in [0, 0.05) is 11.5 Å². The third-order valence-corrected chi connectivity index (χ3v) is 2.67. The Bertz CT molecular complexity index is 234. The summed E-state index contributed by atoms with van der Waals surface area (Å²) in [6.45, 7) is 13.1. The van der Waals surface area contributed by atoms with Gasteiger partial charge in [0.05, 0.1) is 18.2 Å². The number of hydrogen-bond acceptors (Lipinski definition) is 3. The summed E-state index contributed by atoms with van der Waals surface area (Å²) in [7, 11) is -1.56. The summed E-state index contributed by atoms with van der Waals surface area (Å²) in [6.07, 6.45) is 0. The third kappa shape index (κ3) is 9.98. The van der Waals surface area contributed by atoms with Gasteiger partial charge in [-0.2, -0.15) is 0 Å². The molecule has 0 aliphatic rings. The maximum Gasteiger partial charge on any atom is 0.183 e. The van der Waals surface area contributed by atoms with Crippen LogP contribution in [0.1, 0.15) is 20.8 Å². The van der Waals surface area contributed by atoms with Crippen molar-refractivity contribution in [3.05, 3.63) is 10.4 Å². The molecular formula is C10H23N3O2Si. The van der Waals surface area contributed by atoms with Gasteiger partial charge in [-0.05, 0) is 45.9 Å². The SMILES string of the molecule is CC(C)(C)OCC(CO[Si](C)(C)C)N=[N+]=[N-]. The molecule has 0 aromatic rings. The lowest BCUT2D eigenvalue weighted by molar-refractivity contribution is -0.0148. The van der Waals surface area contributed by atoms with Gasteiger partial charge in [-0.25, -0.2) is 0 Å². The molecular weight excluding hydrogens is 222 g/mol. The molecule has 94 valence electrons. The van der Waals surface area contributed by atoms with Gasteiger partial charge in [0.25, 0.3) is 0 Å². The maximum absolute atomic E-state index is 8.45. The zero-order valence-electron chi connectivity index (χ0n) is 11.1. The average molecular weight is 245 g/mol. The van der Waals surface area contributed by atoms with Crippen molar-refractivity contribution in [1.29, 1.82) is 0 Å². The van der Waals surface area contributed by atoms with Gasteiger partial charge < -0.3 is 9.16 Å². The first-order chi connectivity index (χ1) is 7.14. The van der Waals surface area contributed by atoms with Crippen LogP contribution in [0.15, 0.2) is 5.11 Å². The highest BCUT2D eigenvalue weighted by Gasteiger charge is 2.19. The number of ether oxygens (including phenoxy) is 1. The first-order valence-corrected chi connectivity index (χ1v) is 8.87. The smallest absolute Gasteiger partial charge is 0.183 e. The van der Waals surface area contributed by atoms with Gasteiger partial charge in [-0.1, -0.05) is 5.11 Å². The maximum atomic E-state index is 8.45.